The summed E-state index contributed by atoms with van der Waals surface area (Å²) in [6.45, 7) is 0.464. The first-order valence-corrected chi connectivity index (χ1v) is 7.19. The summed E-state index contributed by atoms with van der Waals surface area (Å²) in [5, 5.41) is 3.70. The van der Waals surface area contributed by atoms with Crippen molar-refractivity contribution in [3.8, 4) is 0 Å². The summed E-state index contributed by atoms with van der Waals surface area (Å²) in [7, 11) is 0. The number of azide groups is 1. The topological polar surface area (TPSA) is 104 Å². The number of oxazole rings is 1. The largest absolute Gasteiger partial charge is 0.447 e. The van der Waals surface area contributed by atoms with Gasteiger partial charge in [-0.25, -0.2) is 9.78 Å². The Hall–Kier alpha value is -2.99. The van der Waals surface area contributed by atoms with Gasteiger partial charge in [0.25, 0.3) is 0 Å². The van der Waals surface area contributed by atoms with Gasteiger partial charge in [0, 0.05) is 11.5 Å². The molecule has 8 nitrogen and oxygen atoms in total. The van der Waals surface area contributed by atoms with Gasteiger partial charge in [0.15, 0.2) is 0 Å². The van der Waals surface area contributed by atoms with Crippen LogP contribution in [0.4, 0.5) is 4.79 Å². The normalized spacial score (nSPS) is 20.1. The number of carbonyl (C=O) groups is 1. The molecule has 118 valence electrons. The Labute approximate surface area is 132 Å². The van der Waals surface area contributed by atoms with Gasteiger partial charge in [0.1, 0.15) is 18.9 Å². The molecule has 2 heterocycles. The van der Waals surface area contributed by atoms with Gasteiger partial charge in [0.05, 0.1) is 12.2 Å². The highest BCUT2D eigenvalue weighted by Gasteiger charge is 2.39. The summed E-state index contributed by atoms with van der Waals surface area (Å²) in [6, 6.07) is 8.72. The molecule has 1 amide bonds. The molecular weight excluding hydrogens is 298 g/mol. The minimum Gasteiger partial charge on any atom is -0.447 e. The summed E-state index contributed by atoms with van der Waals surface area (Å²) < 4.78 is 10.6. The average Bonchev–Trinajstić information content (AvgIpc) is 3.23. The second kappa shape index (κ2) is 6.85. The third kappa shape index (κ3) is 3.44. The minimum atomic E-state index is -0.479. The van der Waals surface area contributed by atoms with Crippen LogP contribution in [0.5, 0.6) is 0 Å². The molecule has 0 N–H and O–H groups in total. The Bertz CT molecular complexity index is 697. The van der Waals surface area contributed by atoms with Crippen molar-refractivity contribution in [3.05, 3.63) is 64.7 Å². The summed E-state index contributed by atoms with van der Waals surface area (Å²) in [4.78, 5) is 20.8. The summed E-state index contributed by atoms with van der Waals surface area (Å²) >= 11 is 0. The van der Waals surface area contributed by atoms with E-state index in [0.29, 0.717) is 12.3 Å². The lowest BCUT2D eigenvalue weighted by Crippen LogP contribution is -2.32. The predicted molar refractivity (Wildman–Crippen MR) is 80.1 cm³/mol. The maximum Gasteiger partial charge on any atom is 0.410 e. The van der Waals surface area contributed by atoms with Crippen molar-refractivity contribution in [2.24, 2.45) is 5.11 Å². The van der Waals surface area contributed by atoms with Crippen LogP contribution in [0.3, 0.4) is 0 Å². The fourth-order valence-corrected chi connectivity index (χ4v) is 2.61. The third-order valence-electron chi connectivity index (χ3n) is 3.67. The van der Waals surface area contributed by atoms with Crippen LogP contribution >= 0.6 is 0 Å². The average molecular weight is 313 g/mol. The molecule has 1 aliphatic rings. The standard InChI is InChI=1S/C15H15N5O3/c16-19-18-12-8-13(14-17-6-7-22-14)20(9-12)15(21)23-10-11-4-2-1-3-5-11/h1-7,12-13H,8-10H2/t12-,13-/m0/s1. The molecule has 1 aromatic carbocycles. The highest BCUT2D eigenvalue weighted by molar-refractivity contribution is 5.68. The van der Waals surface area contributed by atoms with Crippen LogP contribution in [0.1, 0.15) is 23.9 Å². The van der Waals surface area contributed by atoms with E-state index in [0.717, 1.165) is 5.56 Å². The third-order valence-corrected chi connectivity index (χ3v) is 3.67. The van der Waals surface area contributed by atoms with E-state index in [1.807, 2.05) is 30.3 Å². The van der Waals surface area contributed by atoms with Crippen LogP contribution in [-0.2, 0) is 11.3 Å². The zero-order valence-corrected chi connectivity index (χ0v) is 12.3. The molecule has 3 rings (SSSR count). The molecular formula is C15H15N5O3. The summed E-state index contributed by atoms with van der Waals surface area (Å²) in [6.07, 6.45) is 2.95. The first-order chi connectivity index (χ1) is 11.3. The number of hydrogen-bond donors (Lipinski definition) is 0. The van der Waals surface area contributed by atoms with Gasteiger partial charge in [-0.2, -0.15) is 0 Å². The van der Waals surface area contributed by atoms with E-state index in [1.165, 1.54) is 17.4 Å². The summed E-state index contributed by atoms with van der Waals surface area (Å²) in [5.74, 6) is 0.414. The molecule has 1 aromatic heterocycles. The van der Waals surface area contributed by atoms with Crippen molar-refractivity contribution in [3.63, 3.8) is 0 Å². The Morgan fingerprint density at radius 3 is 3.00 bits per heavy atom. The fraction of sp³-hybridized carbons (Fsp3) is 0.333. The number of carbonyl (C=O) groups excluding carboxylic acids is 1. The molecule has 0 radical (unpaired) electrons. The van der Waals surface area contributed by atoms with Gasteiger partial charge in [0.2, 0.25) is 5.89 Å². The molecule has 0 bridgehead atoms. The minimum absolute atomic E-state index is 0.181. The Balaban J connectivity index is 1.70. The van der Waals surface area contributed by atoms with E-state index >= 15 is 0 Å². The van der Waals surface area contributed by atoms with E-state index in [1.54, 1.807) is 0 Å². The van der Waals surface area contributed by atoms with Crippen molar-refractivity contribution < 1.29 is 13.9 Å². The van der Waals surface area contributed by atoms with Crippen molar-refractivity contribution in [1.29, 1.82) is 0 Å². The van der Waals surface area contributed by atoms with Crippen LogP contribution in [-0.4, -0.2) is 28.6 Å². The smallest absolute Gasteiger partial charge is 0.410 e. The van der Waals surface area contributed by atoms with Crippen LogP contribution in [0.15, 0.2) is 52.3 Å². The molecule has 0 spiro atoms. The second-order valence-electron chi connectivity index (χ2n) is 5.17. The van der Waals surface area contributed by atoms with E-state index < -0.39 is 6.09 Å². The second-order valence-corrected chi connectivity index (χ2v) is 5.17. The van der Waals surface area contributed by atoms with Gasteiger partial charge < -0.3 is 9.15 Å². The van der Waals surface area contributed by atoms with Gasteiger partial charge in [-0.15, -0.1) is 0 Å². The lowest BCUT2D eigenvalue weighted by molar-refractivity contribution is 0.0876. The zero-order valence-electron chi connectivity index (χ0n) is 12.3. The quantitative estimate of drug-likeness (QED) is 0.489. The zero-order chi connectivity index (χ0) is 16.1. The van der Waals surface area contributed by atoms with Crippen molar-refractivity contribution in [2.45, 2.75) is 25.1 Å². The maximum absolute atomic E-state index is 12.4. The van der Waals surface area contributed by atoms with Crippen LogP contribution < -0.4 is 0 Å². The molecule has 2 aromatic rings. The monoisotopic (exact) mass is 313 g/mol. The van der Waals surface area contributed by atoms with Gasteiger partial charge in [-0.05, 0) is 17.5 Å². The molecule has 23 heavy (non-hydrogen) atoms. The van der Waals surface area contributed by atoms with Gasteiger partial charge in [-0.1, -0.05) is 35.4 Å². The van der Waals surface area contributed by atoms with Gasteiger partial charge in [-0.3, -0.25) is 4.90 Å². The lowest BCUT2D eigenvalue weighted by atomic mass is 10.2. The Kier molecular flexibility index (Phi) is 4.44. The van der Waals surface area contributed by atoms with E-state index in [9.17, 15) is 4.79 Å². The predicted octanol–water partition coefficient (Wildman–Crippen LogP) is 3.44. The Morgan fingerprint density at radius 1 is 1.48 bits per heavy atom. The number of hydrogen-bond acceptors (Lipinski definition) is 5. The first-order valence-electron chi connectivity index (χ1n) is 7.19. The molecule has 1 saturated heterocycles. The van der Waals surface area contributed by atoms with Crippen LogP contribution in [0, 0.1) is 0 Å². The van der Waals surface area contributed by atoms with Crippen LogP contribution in [0.2, 0.25) is 0 Å². The molecule has 0 unspecified atom stereocenters. The molecule has 0 aliphatic carbocycles. The molecule has 8 heteroatoms. The lowest BCUT2D eigenvalue weighted by Gasteiger charge is -2.21. The number of ether oxygens (including phenoxy) is 1. The number of amides is 1. The highest BCUT2D eigenvalue weighted by Crippen LogP contribution is 2.33. The maximum atomic E-state index is 12.4. The number of rotatable bonds is 4. The van der Waals surface area contributed by atoms with Crippen molar-refractivity contribution in [1.82, 2.24) is 9.88 Å². The Morgan fingerprint density at radius 2 is 2.30 bits per heavy atom. The number of nitrogens with zero attached hydrogens (tertiary/aromatic N) is 5. The SMILES string of the molecule is [N-]=[N+]=N[C@H]1C[C@@H](c2ncco2)N(C(=O)OCc2ccccc2)C1. The number of likely N-dealkylation sites (tertiary alicyclic amines) is 1. The highest BCUT2D eigenvalue weighted by atomic mass is 16.6. The van der Waals surface area contributed by atoms with Crippen molar-refractivity contribution >= 4 is 6.09 Å². The summed E-state index contributed by atoms with van der Waals surface area (Å²) in [5.41, 5.74) is 9.51. The van der Waals surface area contributed by atoms with Gasteiger partial charge >= 0.3 is 6.09 Å². The number of aromatic nitrogens is 1. The van der Waals surface area contributed by atoms with E-state index in [2.05, 4.69) is 15.0 Å². The van der Waals surface area contributed by atoms with Crippen LogP contribution in [0.25, 0.3) is 10.4 Å². The van der Waals surface area contributed by atoms with E-state index in [-0.39, 0.29) is 25.2 Å². The first kappa shape index (κ1) is 14.9. The van der Waals surface area contributed by atoms with E-state index in [4.69, 9.17) is 14.7 Å². The molecule has 1 aliphatic heterocycles. The molecule has 1 fully saturated rings. The molecule has 0 saturated carbocycles. The fourth-order valence-electron chi connectivity index (χ4n) is 2.61. The number of benzene rings is 1. The molecule has 2 atom stereocenters. The van der Waals surface area contributed by atoms with Crippen molar-refractivity contribution in [2.75, 3.05) is 6.54 Å².